The van der Waals surface area contributed by atoms with E-state index in [1.165, 1.54) is 17.2 Å². The van der Waals surface area contributed by atoms with Gasteiger partial charge in [-0.1, -0.05) is 12.1 Å². The molecule has 11 nitrogen and oxygen atoms in total. The number of nitrogens with one attached hydrogen (secondary N) is 2. The minimum atomic E-state index is -4.13. The zero-order valence-electron chi connectivity index (χ0n) is 24.7. The molecule has 2 aromatic heterocycles. The summed E-state index contributed by atoms with van der Waals surface area (Å²) in [6, 6.07) is 10.8. The molecule has 3 heterocycles. The van der Waals surface area contributed by atoms with Gasteiger partial charge < -0.3 is 20.1 Å². The number of anilines is 2. The third-order valence-electron chi connectivity index (χ3n) is 8.11. The van der Waals surface area contributed by atoms with Gasteiger partial charge in [-0.25, -0.2) is 41.3 Å². The Bertz CT molecular complexity index is 1900. The second-order valence-electron chi connectivity index (χ2n) is 11.7. The molecule has 0 bridgehead atoms. The highest BCUT2D eigenvalue weighted by molar-refractivity contribution is 7.92. The predicted octanol–water partition coefficient (Wildman–Crippen LogP) is 6.27. The largest absolute Gasteiger partial charge is 0.465 e. The fourth-order valence-corrected chi connectivity index (χ4v) is 7.36. The molecule has 4 aromatic rings. The van der Waals surface area contributed by atoms with Crippen LogP contribution in [-0.4, -0.2) is 70.3 Å². The maximum absolute atomic E-state index is 15.1. The third kappa shape index (κ3) is 6.78. The van der Waals surface area contributed by atoms with Gasteiger partial charge in [-0.05, 0) is 61.6 Å². The van der Waals surface area contributed by atoms with E-state index in [1.54, 1.807) is 43.5 Å². The molecule has 2 aromatic carbocycles. The van der Waals surface area contributed by atoms with Crippen LogP contribution in [-0.2, 0) is 10.0 Å². The number of aromatic nitrogens is 3. The van der Waals surface area contributed by atoms with Gasteiger partial charge in [0.15, 0.2) is 0 Å². The van der Waals surface area contributed by atoms with Crippen molar-refractivity contribution in [2.24, 2.45) is 5.92 Å². The lowest BCUT2D eigenvalue weighted by molar-refractivity contribution is -0.103. The average molecular weight is 657 g/mol. The molecule has 1 unspecified atom stereocenters. The quantitative estimate of drug-likeness (QED) is 0.190. The smallest absolute Gasteiger partial charge is 0.407 e. The fraction of sp³-hybridized carbons (Fsp3) is 0.355. The summed E-state index contributed by atoms with van der Waals surface area (Å²) in [6.45, 7) is 2.55. The summed E-state index contributed by atoms with van der Waals surface area (Å²) >= 11 is 0. The van der Waals surface area contributed by atoms with E-state index in [1.807, 2.05) is 0 Å². The van der Waals surface area contributed by atoms with Crippen molar-refractivity contribution < 1.29 is 36.2 Å². The highest BCUT2D eigenvalue weighted by Gasteiger charge is 2.46. The van der Waals surface area contributed by atoms with Crippen molar-refractivity contribution in [1.82, 2.24) is 19.9 Å². The first-order chi connectivity index (χ1) is 21.9. The Balaban J connectivity index is 1.28. The van der Waals surface area contributed by atoms with E-state index in [9.17, 15) is 27.1 Å². The number of amides is 1. The molecule has 0 spiro atoms. The summed E-state index contributed by atoms with van der Waals surface area (Å²) in [7, 11) is -4.13. The van der Waals surface area contributed by atoms with Crippen molar-refractivity contribution in [1.29, 1.82) is 0 Å². The number of likely N-dealkylation sites (tertiary alicyclic amines) is 1. The summed E-state index contributed by atoms with van der Waals surface area (Å²) in [6.07, 6.45) is 2.54. The van der Waals surface area contributed by atoms with Crippen molar-refractivity contribution in [3.63, 3.8) is 0 Å². The highest BCUT2D eigenvalue weighted by atomic mass is 32.2. The standard InChI is InChI=1S/C31H31F3N6O5S/c1-18-6-7-21-22(8-9-24(32)26(21)39-46(43,44)17-19-14-31(33,34)15-19)27(18)45-28-23(5-2-11-35-28)25-10-12-36-29(38-25)37-20-4-3-13-40(16-20)30(41)42/h2,5-12,19-20,39H,3-4,13-17H2,1H3,(H,41,42)(H,36,37,38). The number of sulfonamides is 1. The molecule has 2 fully saturated rings. The van der Waals surface area contributed by atoms with Crippen molar-refractivity contribution >= 4 is 38.5 Å². The molecule has 46 heavy (non-hydrogen) atoms. The van der Waals surface area contributed by atoms with E-state index in [0.29, 0.717) is 53.4 Å². The maximum Gasteiger partial charge on any atom is 0.407 e. The van der Waals surface area contributed by atoms with Crippen LogP contribution in [0.25, 0.3) is 22.0 Å². The molecule has 6 rings (SSSR count). The number of ether oxygens (including phenoxy) is 1. The first-order valence-electron chi connectivity index (χ1n) is 14.7. The van der Waals surface area contributed by atoms with Gasteiger partial charge in [0.2, 0.25) is 27.8 Å². The molecule has 2 aliphatic rings. The van der Waals surface area contributed by atoms with Crippen LogP contribution in [0.5, 0.6) is 11.6 Å². The second-order valence-corrected chi connectivity index (χ2v) is 13.4. The van der Waals surface area contributed by atoms with Crippen LogP contribution in [0, 0.1) is 18.7 Å². The topological polar surface area (TPSA) is 147 Å². The lowest BCUT2D eigenvalue weighted by Gasteiger charge is -2.34. The Labute approximate surface area is 262 Å². The molecule has 0 radical (unpaired) electrons. The van der Waals surface area contributed by atoms with Crippen LogP contribution in [0.3, 0.4) is 0 Å². The van der Waals surface area contributed by atoms with Gasteiger partial charge in [0.05, 0.1) is 22.7 Å². The number of piperidine rings is 1. The normalized spacial score (nSPS) is 18.2. The Morgan fingerprint density at radius 1 is 1.11 bits per heavy atom. The minimum absolute atomic E-state index is 0.162. The summed E-state index contributed by atoms with van der Waals surface area (Å²) in [5.74, 6) is -4.16. The molecular weight excluding hydrogens is 625 g/mol. The van der Waals surface area contributed by atoms with Crippen molar-refractivity contribution in [2.75, 3.05) is 28.9 Å². The Morgan fingerprint density at radius 2 is 1.89 bits per heavy atom. The summed E-state index contributed by atoms with van der Waals surface area (Å²) in [4.78, 5) is 26.1. The van der Waals surface area contributed by atoms with E-state index in [2.05, 4.69) is 25.0 Å². The number of halogens is 3. The number of fused-ring (bicyclic) bond motifs is 1. The van der Waals surface area contributed by atoms with Crippen LogP contribution in [0.2, 0.25) is 0 Å². The van der Waals surface area contributed by atoms with Crippen molar-refractivity contribution in [3.8, 4) is 22.9 Å². The molecule has 1 saturated carbocycles. The van der Waals surface area contributed by atoms with Gasteiger partial charge in [-0.3, -0.25) is 4.72 Å². The number of nitrogens with zero attached hydrogens (tertiary/aromatic N) is 4. The minimum Gasteiger partial charge on any atom is -0.465 e. The van der Waals surface area contributed by atoms with Gasteiger partial charge in [0.1, 0.15) is 11.6 Å². The van der Waals surface area contributed by atoms with Gasteiger partial charge in [0.25, 0.3) is 0 Å². The zero-order chi connectivity index (χ0) is 32.6. The number of hydrogen-bond acceptors (Lipinski definition) is 8. The van der Waals surface area contributed by atoms with Crippen molar-refractivity contribution in [3.05, 3.63) is 66.2 Å². The first-order valence-corrected chi connectivity index (χ1v) is 16.3. The van der Waals surface area contributed by atoms with Gasteiger partial charge in [-0.15, -0.1) is 0 Å². The maximum atomic E-state index is 15.1. The van der Waals surface area contributed by atoms with E-state index < -0.39 is 52.4 Å². The number of rotatable bonds is 9. The van der Waals surface area contributed by atoms with E-state index in [-0.39, 0.29) is 23.0 Å². The lowest BCUT2D eigenvalue weighted by atomic mass is 9.83. The number of aryl methyl sites for hydroxylation is 1. The van der Waals surface area contributed by atoms with Crippen LogP contribution in [0.15, 0.2) is 54.9 Å². The Kier molecular flexibility index (Phi) is 8.35. The number of pyridine rings is 1. The van der Waals surface area contributed by atoms with Crippen LogP contribution < -0.4 is 14.8 Å². The number of benzene rings is 2. The van der Waals surface area contributed by atoms with E-state index in [4.69, 9.17) is 4.74 Å². The molecule has 1 aliphatic heterocycles. The molecule has 1 atom stereocenters. The first kappa shape index (κ1) is 31.3. The lowest BCUT2D eigenvalue weighted by Crippen LogP contribution is -2.44. The predicted molar refractivity (Wildman–Crippen MR) is 165 cm³/mol. The SMILES string of the molecule is Cc1ccc2c(NS(=O)(=O)CC3CC(F)(F)C3)c(F)ccc2c1Oc1ncccc1-c1ccnc(NC2CCCN(C(=O)O)C2)n1. The highest BCUT2D eigenvalue weighted by Crippen LogP contribution is 2.44. The van der Waals surface area contributed by atoms with Crippen molar-refractivity contribution in [2.45, 2.75) is 44.6 Å². The fourth-order valence-electron chi connectivity index (χ4n) is 5.90. The number of carboxylic acid groups (broad SMARTS) is 1. The van der Waals surface area contributed by atoms with E-state index in [0.717, 1.165) is 12.5 Å². The van der Waals surface area contributed by atoms with Crippen LogP contribution in [0.1, 0.15) is 31.2 Å². The molecule has 242 valence electrons. The Morgan fingerprint density at radius 3 is 2.65 bits per heavy atom. The zero-order valence-corrected chi connectivity index (χ0v) is 25.5. The van der Waals surface area contributed by atoms with Crippen LogP contribution in [0.4, 0.5) is 29.6 Å². The monoisotopic (exact) mass is 656 g/mol. The molecule has 1 amide bonds. The number of hydrogen-bond donors (Lipinski definition) is 3. The number of alkyl halides is 2. The second kappa shape index (κ2) is 12.3. The molecule has 1 aliphatic carbocycles. The molecule has 15 heteroatoms. The van der Waals surface area contributed by atoms with Gasteiger partial charge in [-0.2, -0.15) is 0 Å². The van der Waals surface area contributed by atoms with Crippen LogP contribution >= 0.6 is 0 Å². The average Bonchev–Trinajstić information content (AvgIpc) is 2.99. The number of carbonyl (C=O) groups is 1. The Hall–Kier alpha value is -4.66. The summed E-state index contributed by atoms with van der Waals surface area (Å²) in [5.41, 5.74) is 1.35. The van der Waals surface area contributed by atoms with Gasteiger partial charge in [0, 0.05) is 55.1 Å². The molecule has 3 N–H and O–H groups in total. The summed E-state index contributed by atoms with van der Waals surface area (Å²) in [5, 5.41) is 13.2. The molecular formula is C31H31F3N6O5S. The van der Waals surface area contributed by atoms with Gasteiger partial charge >= 0.3 is 6.09 Å². The molecule has 1 saturated heterocycles. The van der Waals surface area contributed by atoms with E-state index >= 15 is 4.39 Å². The third-order valence-corrected chi connectivity index (χ3v) is 9.54. The summed E-state index contributed by atoms with van der Waals surface area (Å²) < 4.78 is 75.9.